The van der Waals surface area contributed by atoms with E-state index in [0.717, 1.165) is 18.8 Å². The maximum atomic E-state index is 8.67. The smallest absolute Gasteiger partial charge is 0.252 e. The lowest BCUT2D eigenvalue weighted by Gasteiger charge is -2.05. The van der Waals surface area contributed by atoms with Crippen LogP contribution in [0.1, 0.15) is 18.3 Å². The van der Waals surface area contributed by atoms with Crippen molar-refractivity contribution in [1.29, 1.82) is 5.26 Å². The van der Waals surface area contributed by atoms with Gasteiger partial charge >= 0.3 is 0 Å². The molecule has 17 heavy (non-hydrogen) atoms. The first-order valence-electron chi connectivity index (χ1n) is 5.45. The Morgan fingerprint density at radius 2 is 2.35 bits per heavy atom. The van der Waals surface area contributed by atoms with Crippen LogP contribution < -0.4 is 5.32 Å². The number of hydrogen-bond donors (Lipinski definition) is 1. The maximum absolute atomic E-state index is 8.67. The highest BCUT2D eigenvalue weighted by atomic mass is 15.3. The van der Waals surface area contributed by atoms with Gasteiger partial charge in [-0.15, -0.1) is 5.10 Å². The van der Waals surface area contributed by atoms with Crippen molar-refractivity contribution in [3.8, 4) is 11.8 Å². The van der Waals surface area contributed by atoms with E-state index in [1.165, 1.54) is 5.56 Å². The molecule has 0 bridgehead atoms. The highest BCUT2D eigenvalue weighted by Gasteiger charge is 2.02. The molecule has 0 atom stereocenters. The minimum Gasteiger partial charge on any atom is -0.313 e. The second kappa shape index (κ2) is 5.23. The van der Waals surface area contributed by atoms with Crippen molar-refractivity contribution in [3.05, 3.63) is 42.0 Å². The van der Waals surface area contributed by atoms with Crippen molar-refractivity contribution in [2.45, 2.75) is 13.5 Å². The summed E-state index contributed by atoms with van der Waals surface area (Å²) in [4.78, 5) is 3.88. The summed E-state index contributed by atoms with van der Waals surface area (Å²) >= 11 is 0. The zero-order chi connectivity index (χ0) is 12.1. The molecule has 1 aromatic carbocycles. The van der Waals surface area contributed by atoms with Crippen LogP contribution in [-0.2, 0) is 6.54 Å². The summed E-state index contributed by atoms with van der Waals surface area (Å²) < 4.78 is 1.61. The Morgan fingerprint density at radius 1 is 1.47 bits per heavy atom. The van der Waals surface area contributed by atoms with Gasteiger partial charge in [0.2, 0.25) is 0 Å². The third-order valence-electron chi connectivity index (χ3n) is 2.35. The third kappa shape index (κ3) is 2.68. The van der Waals surface area contributed by atoms with E-state index in [9.17, 15) is 0 Å². The van der Waals surface area contributed by atoms with Gasteiger partial charge in [0.15, 0.2) is 0 Å². The Hall–Kier alpha value is -2.19. The summed E-state index contributed by atoms with van der Waals surface area (Å²) in [5.74, 6) is 0.182. The Kier molecular flexibility index (Phi) is 3.48. The molecule has 0 saturated heterocycles. The SMILES string of the molecule is CCNCc1cccc(-n2cnc(C#N)n2)c1. The van der Waals surface area contributed by atoms with Gasteiger partial charge in [-0.25, -0.2) is 9.67 Å². The average Bonchev–Trinajstić information content (AvgIpc) is 2.85. The van der Waals surface area contributed by atoms with E-state index in [1.807, 2.05) is 30.3 Å². The fraction of sp³-hybridized carbons (Fsp3) is 0.250. The van der Waals surface area contributed by atoms with Crippen LogP contribution in [0.3, 0.4) is 0 Å². The molecule has 1 heterocycles. The summed E-state index contributed by atoms with van der Waals surface area (Å²) in [7, 11) is 0. The van der Waals surface area contributed by atoms with Gasteiger partial charge in [-0.2, -0.15) is 5.26 Å². The molecule has 86 valence electrons. The predicted octanol–water partition coefficient (Wildman–Crippen LogP) is 1.25. The van der Waals surface area contributed by atoms with Crippen molar-refractivity contribution in [3.63, 3.8) is 0 Å². The fourth-order valence-corrected chi connectivity index (χ4v) is 1.52. The van der Waals surface area contributed by atoms with Gasteiger partial charge in [-0.05, 0) is 24.2 Å². The number of benzene rings is 1. The van der Waals surface area contributed by atoms with Gasteiger partial charge < -0.3 is 5.32 Å². The number of hydrogen-bond acceptors (Lipinski definition) is 4. The van der Waals surface area contributed by atoms with E-state index in [2.05, 4.69) is 22.3 Å². The van der Waals surface area contributed by atoms with Crippen molar-refractivity contribution in [1.82, 2.24) is 20.1 Å². The van der Waals surface area contributed by atoms with Gasteiger partial charge in [0, 0.05) is 6.54 Å². The van der Waals surface area contributed by atoms with Crippen LogP contribution in [0.15, 0.2) is 30.6 Å². The maximum Gasteiger partial charge on any atom is 0.252 e. The van der Waals surface area contributed by atoms with Crippen LogP contribution in [-0.4, -0.2) is 21.3 Å². The first-order chi connectivity index (χ1) is 8.33. The zero-order valence-electron chi connectivity index (χ0n) is 9.59. The summed E-state index contributed by atoms with van der Waals surface area (Å²) in [5, 5.41) is 16.0. The van der Waals surface area contributed by atoms with Gasteiger partial charge in [0.1, 0.15) is 12.4 Å². The van der Waals surface area contributed by atoms with E-state index in [1.54, 1.807) is 11.0 Å². The third-order valence-corrected chi connectivity index (χ3v) is 2.35. The quantitative estimate of drug-likeness (QED) is 0.853. The summed E-state index contributed by atoms with van der Waals surface area (Å²) in [6.07, 6.45) is 1.55. The number of nitrogens with zero attached hydrogens (tertiary/aromatic N) is 4. The molecule has 0 radical (unpaired) electrons. The molecular weight excluding hydrogens is 214 g/mol. The highest BCUT2D eigenvalue weighted by Crippen LogP contribution is 2.09. The van der Waals surface area contributed by atoms with E-state index < -0.39 is 0 Å². The van der Waals surface area contributed by atoms with Crippen LogP contribution in [0, 0.1) is 11.3 Å². The lowest BCUT2D eigenvalue weighted by molar-refractivity contribution is 0.725. The molecule has 0 aliphatic heterocycles. The fourth-order valence-electron chi connectivity index (χ4n) is 1.52. The van der Waals surface area contributed by atoms with Crippen LogP contribution in [0.2, 0.25) is 0 Å². The van der Waals surface area contributed by atoms with E-state index in [4.69, 9.17) is 5.26 Å². The molecular formula is C12H13N5. The second-order valence-corrected chi connectivity index (χ2v) is 3.57. The molecule has 0 aliphatic carbocycles. The van der Waals surface area contributed by atoms with E-state index >= 15 is 0 Å². The Balaban J connectivity index is 2.23. The normalized spacial score (nSPS) is 10.1. The summed E-state index contributed by atoms with van der Waals surface area (Å²) in [6, 6.07) is 9.89. The summed E-state index contributed by atoms with van der Waals surface area (Å²) in [5.41, 5.74) is 2.09. The predicted molar refractivity (Wildman–Crippen MR) is 63.5 cm³/mol. The molecule has 1 N–H and O–H groups in total. The minimum absolute atomic E-state index is 0.182. The molecule has 2 aromatic rings. The Labute approximate surface area is 99.7 Å². The van der Waals surface area contributed by atoms with Gasteiger partial charge in [-0.1, -0.05) is 19.1 Å². The van der Waals surface area contributed by atoms with Crippen molar-refractivity contribution >= 4 is 0 Å². The largest absolute Gasteiger partial charge is 0.313 e. The van der Waals surface area contributed by atoms with Crippen LogP contribution in [0.25, 0.3) is 5.69 Å². The van der Waals surface area contributed by atoms with Gasteiger partial charge in [0.05, 0.1) is 5.69 Å². The monoisotopic (exact) mass is 227 g/mol. The first-order valence-corrected chi connectivity index (χ1v) is 5.45. The Morgan fingerprint density at radius 3 is 3.06 bits per heavy atom. The van der Waals surface area contributed by atoms with Gasteiger partial charge in [-0.3, -0.25) is 0 Å². The van der Waals surface area contributed by atoms with Crippen molar-refractivity contribution < 1.29 is 0 Å². The molecule has 0 aliphatic rings. The molecule has 0 spiro atoms. The number of nitrogens with one attached hydrogen (secondary N) is 1. The number of nitriles is 1. The lowest BCUT2D eigenvalue weighted by atomic mass is 10.2. The average molecular weight is 227 g/mol. The van der Waals surface area contributed by atoms with Crippen LogP contribution >= 0.6 is 0 Å². The van der Waals surface area contributed by atoms with Crippen LogP contribution in [0.4, 0.5) is 0 Å². The van der Waals surface area contributed by atoms with E-state index in [0.29, 0.717) is 0 Å². The summed E-state index contributed by atoms with van der Waals surface area (Å²) in [6.45, 7) is 3.83. The molecule has 0 unspecified atom stereocenters. The number of rotatable bonds is 4. The van der Waals surface area contributed by atoms with Crippen molar-refractivity contribution in [2.75, 3.05) is 6.54 Å². The zero-order valence-corrected chi connectivity index (χ0v) is 9.59. The molecule has 0 amide bonds. The lowest BCUT2D eigenvalue weighted by Crippen LogP contribution is -2.11. The molecule has 1 aromatic heterocycles. The first kappa shape index (κ1) is 11.3. The van der Waals surface area contributed by atoms with Crippen molar-refractivity contribution in [2.24, 2.45) is 0 Å². The Bertz CT molecular complexity index is 538. The molecule has 5 nitrogen and oxygen atoms in total. The van der Waals surface area contributed by atoms with E-state index in [-0.39, 0.29) is 5.82 Å². The molecule has 5 heteroatoms. The van der Waals surface area contributed by atoms with Gasteiger partial charge in [0.25, 0.3) is 5.82 Å². The molecule has 0 fully saturated rings. The topological polar surface area (TPSA) is 66.5 Å². The molecule has 2 rings (SSSR count). The number of aromatic nitrogens is 3. The standard InChI is InChI=1S/C12H13N5/c1-2-14-8-10-4-3-5-11(6-10)17-9-15-12(7-13)16-17/h3-6,9,14H,2,8H2,1H3. The minimum atomic E-state index is 0.182. The van der Waals surface area contributed by atoms with Crippen LogP contribution in [0.5, 0.6) is 0 Å². The highest BCUT2D eigenvalue weighted by molar-refractivity contribution is 5.35. The second-order valence-electron chi connectivity index (χ2n) is 3.57. The molecule has 0 saturated carbocycles.